The van der Waals surface area contributed by atoms with Crippen LogP contribution in [0.5, 0.6) is 5.75 Å². The van der Waals surface area contributed by atoms with Gasteiger partial charge in [0.15, 0.2) is 0 Å². The summed E-state index contributed by atoms with van der Waals surface area (Å²) in [5, 5.41) is 3.39. The minimum absolute atomic E-state index is 0.296. The Balaban J connectivity index is 2.30. The Bertz CT molecular complexity index is 809. The van der Waals surface area contributed by atoms with Crippen LogP contribution in [0.15, 0.2) is 46.9 Å². The minimum atomic E-state index is -2.99. The molecule has 1 N–H and O–H groups in total. The zero-order chi connectivity index (χ0) is 19.2. The highest BCUT2D eigenvalue weighted by Crippen LogP contribution is 2.50. The number of carbonyl (C=O) groups excluding carboxylic acids is 1. The van der Waals surface area contributed by atoms with Crippen molar-refractivity contribution in [3.05, 3.63) is 57.5 Å². The standard InChI is InChI=1S/C17H18BrClNO4PS/c1-3-22-25(26,23-4-2)24-16-10-5-12(18)11-15(16)17(21)20-14-8-6-13(19)7-9-14/h5-11H,3-4H2,1-2H3,(H,20,21). The molecule has 2 aromatic carbocycles. The Morgan fingerprint density at radius 1 is 1.15 bits per heavy atom. The van der Waals surface area contributed by atoms with Crippen molar-refractivity contribution >= 4 is 57.7 Å². The summed E-state index contributed by atoms with van der Waals surface area (Å²) in [6, 6.07) is 11.9. The molecule has 5 nitrogen and oxygen atoms in total. The Morgan fingerprint density at radius 2 is 1.77 bits per heavy atom. The van der Waals surface area contributed by atoms with Crippen molar-refractivity contribution < 1.29 is 18.4 Å². The quantitative estimate of drug-likeness (QED) is 0.469. The van der Waals surface area contributed by atoms with Crippen molar-refractivity contribution in [3.8, 4) is 5.75 Å². The van der Waals surface area contributed by atoms with Gasteiger partial charge >= 0.3 is 6.72 Å². The van der Waals surface area contributed by atoms with Crippen molar-refractivity contribution in [1.29, 1.82) is 0 Å². The number of hydrogen-bond donors (Lipinski definition) is 1. The highest BCUT2D eigenvalue weighted by molar-refractivity contribution is 9.10. The second-order valence-corrected chi connectivity index (χ2v) is 9.26. The molecule has 0 spiro atoms. The van der Waals surface area contributed by atoms with Gasteiger partial charge in [0.25, 0.3) is 5.91 Å². The van der Waals surface area contributed by atoms with E-state index in [-0.39, 0.29) is 5.91 Å². The van der Waals surface area contributed by atoms with E-state index >= 15 is 0 Å². The van der Waals surface area contributed by atoms with Gasteiger partial charge in [-0.1, -0.05) is 27.5 Å². The summed E-state index contributed by atoms with van der Waals surface area (Å²) in [4.78, 5) is 12.7. The monoisotopic (exact) mass is 477 g/mol. The average Bonchev–Trinajstić information content (AvgIpc) is 2.59. The average molecular weight is 479 g/mol. The van der Waals surface area contributed by atoms with Crippen molar-refractivity contribution in [2.24, 2.45) is 0 Å². The molecular weight excluding hydrogens is 461 g/mol. The maximum Gasteiger partial charge on any atom is 0.380 e. The van der Waals surface area contributed by atoms with Crippen molar-refractivity contribution in [2.75, 3.05) is 18.5 Å². The highest BCUT2D eigenvalue weighted by Gasteiger charge is 2.24. The van der Waals surface area contributed by atoms with Crippen molar-refractivity contribution in [3.63, 3.8) is 0 Å². The second-order valence-electron chi connectivity index (χ2n) is 4.98. The molecule has 1 amide bonds. The van der Waals surface area contributed by atoms with Gasteiger partial charge in [0.2, 0.25) is 0 Å². The smallest absolute Gasteiger partial charge is 0.380 e. The zero-order valence-electron chi connectivity index (χ0n) is 14.2. The van der Waals surface area contributed by atoms with E-state index in [4.69, 9.17) is 37.0 Å². The van der Waals surface area contributed by atoms with E-state index in [1.165, 1.54) is 0 Å². The van der Waals surface area contributed by atoms with Gasteiger partial charge < -0.3 is 9.84 Å². The van der Waals surface area contributed by atoms with Gasteiger partial charge in [-0.05, 0) is 56.3 Å². The molecule has 140 valence electrons. The maximum atomic E-state index is 12.7. The molecule has 0 atom stereocenters. The van der Waals surface area contributed by atoms with Gasteiger partial charge in [0.1, 0.15) is 5.75 Å². The van der Waals surface area contributed by atoms with E-state index in [0.29, 0.717) is 35.2 Å². The first kappa shape index (κ1) is 21.4. The molecule has 2 aromatic rings. The number of carbonyl (C=O) groups is 1. The molecule has 0 aromatic heterocycles. The number of nitrogens with one attached hydrogen (secondary N) is 1. The van der Waals surface area contributed by atoms with Crippen LogP contribution in [0.4, 0.5) is 5.69 Å². The van der Waals surface area contributed by atoms with Crippen LogP contribution in [0.2, 0.25) is 5.02 Å². The Kier molecular flexibility index (Phi) is 8.07. The number of benzene rings is 2. The molecule has 0 unspecified atom stereocenters. The lowest BCUT2D eigenvalue weighted by atomic mass is 10.2. The van der Waals surface area contributed by atoms with Crippen LogP contribution < -0.4 is 9.84 Å². The number of rotatable bonds is 8. The molecule has 0 aliphatic rings. The Labute approximate surface area is 171 Å². The first-order valence-electron chi connectivity index (χ1n) is 7.82. The first-order valence-corrected chi connectivity index (χ1v) is 11.5. The molecule has 0 bridgehead atoms. The van der Waals surface area contributed by atoms with Gasteiger partial charge in [-0.25, -0.2) is 0 Å². The van der Waals surface area contributed by atoms with E-state index in [2.05, 4.69) is 21.2 Å². The molecule has 2 rings (SSSR count). The molecular formula is C17H18BrClNO4PS. The summed E-state index contributed by atoms with van der Waals surface area (Å²) in [6.45, 7) is 1.31. The fraction of sp³-hybridized carbons (Fsp3) is 0.235. The molecule has 0 aliphatic heterocycles. The van der Waals surface area contributed by atoms with Crippen LogP contribution >= 0.6 is 34.2 Å². The van der Waals surface area contributed by atoms with Crippen LogP contribution in [0, 0.1) is 0 Å². The lowest BCUT2D eigenvalue weighted by Gasteiger charge is -2.22. The fourth-order valence-corrected chi connectivity index (χ4v) is 4.59. The maximum absolute atomic E-state index is 12.7. The normalized spacial score (nSPS) is 11.2. The molecule has 0 radical (unpaired) electrons. The molecule has 0 saturated heterocycles. The number of amides is 1. The summed E-state index contributed by atoms with van der Waals surface area (Å²) in [5.74, 6) is -0.0527. The predicted octanol–water partition coefficient (Wildman–Crippen LogP) is 6.03. The molecule has 26 heavy (non-hydrogen) atoms. The van der Waals surface area contributed by atoms with Crippen LogP contribution in [-0.2, 0) is 20.9 Å². The first-order chi connectivity index (χ1) is 12.4. The van der Waals surface area contributed by atoms with E-state index in [9.17, 15) is 4.79 Å². The summed E-state index contributed by atoms with van der Waals surface area (Å²) >= 11 is 14.6. The number of halogens is 2. The SMILES string of the molecule is CCOP(=S)(OCC)Oc1ccc(Br)cc1C(=O)Nc1ccc(Cl)cc1. The van der Waals surface area contributed by atoms with Crippen LogP contribution in [0.3, 0.4) is 0 Å². The zero-order valence-corrected chi connectivity index (χ0v) is 18.3. The van der Waals surface area contributed by atoms with Crippen molar-refractivity contribution in [2.45, 2.75) is 13.8 Å². The third kappa shape index (κ3) is 6.05. The van der Waals surface area contributed by atoms with Gasteiger partial charge in [0.05, 0.1) is 18.8 Å². The predicted molar refractivity (Wildman–Crippen MR) is 112 cm³/mol. The van der Waals surface area contributed by atoms with Crippen LogP contribution in [0.25, 0.3) is 0 Å². The van der Waals surface area contributed by atoms with E-state index < -0.39 is 6.72 Å². The van der Waals surface area contributed by atoms with Gasteiger partial charge in [-0.2, -0.15) is 0 Å². The van der Waals surface area contributed by atoms with Crippen LogP contribution in [-0.4, -0.2) is 19.1 Å². The van der Waals surface area contributed by atoms with Gasteiger partial charge in [-0.15, -0.1) is 0 Å². The van der Waals surface area contributed by atoms with Crippen LogP contribution in [0.1, 0.15) is 24.2 Å². The largest absolute Gasteiger partial charge is 0.423 e. The summed E-state index contributed by atoms with van der Waals surface area (Å²) in [5.41, 5.74) is 0.919. The van der Waals surface area contributed by atoms with E-state index in [1.54, 1.807) is 56.3 Å². The van der Waals surface area contributed by atoms with E-state index in [0.717, 1.165) is 4.47 Å². The van der Waals surface area contributed by atoms with Crippen molar-refractivity contribution in [1.82, 2.24) is 0 Å². The topological polar surface area (TPSA) is 56.8 Å². The highest BCUT2D eigenvalue weighted by atomic mass is 79.9. The molecule has 0 aliphatic carbocycles. The summed E-state index contributed by atoms with van der Waals surface area (Å²) in [6.07, 6.45) is 0. The molecule has 9 heteroatoms. The second kappa shape index (κ2) is 9.83. The summed E-state index contributed by atoms with van der Waals surface area (Å²) in [7, 11) is 0. The molecule has 0 heterocycles. The van der Waals surface area contributed by atoms with Gasteiger partial charge in [-0.3, -0.25) is 13.8 Å². The molecule has 0 saturated carbocycles. The molecule has 0 fully saturated rings. The third-order valence-electron chi connectivity index (χ3n) is 3.07. The Morgan fingerprint density at radius 3 is 2.35 bits per heavy atom. The lowest BCUT2D eigenvalue weighted by molar-refractivity contribution is 0.102. The number of hydrogen-bond acceptors (Lipinski definition) is 5. The number of anilines is 1. The van der Waals surface area contributed by atoms with Gasteiger partial charge in [0, 0.05) is 27.0 Å². The Hall–Kier alpha value is -0.950. The summed E-state index contributed by atoms with van der Waals surface area (Å²) < 4.78 is 17.5. The fourth-order valence-electron chi connectivity index (χ4n) is 2.02. The van der Waals surface area contributed by atoms with E-state index in [1.807, 2.05) is 0 Å². The minimum Gasteiger partial charge on any atom is -0.423 e. The third-order valence-corrected chi connectivity index (χ3v) is 6.24. The lowest BCUT2D eigenvalue weighted by Crippen LogP contribution is -2.14.